The molecule has 2 heteroatoms. The van der Waals surface area contributed by atoms with Crippen LogP contribution < -0.4 is 10.4 Å². The number of nitrogens with zero attached hydrogens (tertiary/aromatic N) is 1. The van der Waals surface area contributed by atoms with Gasteiger partial charge in [-0.1, -0.05) is 73.8 Å². The largest absolute Gasteiger partial charge is 0.256 e. The molecule has 1 aromatic heterocycles. The average Bonchev–Trinajstić information content (AvgIpc) is 3.04. The predicted octanol–water partition coefficient (Wildman–Crippen LogP) is 5.84. The van der Waals surface area contributed by atoms with Crippen molar-refractivity contribution in [2.24, 2.45) is 0 Å². The highest BCUT2D eigenvalue weighted by Gasteiger charge is 2.37. The fourth-order valence-electron chi connectivity index (χ4n) is 4.38. The van der Waals surface area contributed by atoms with Crippen LogP contribution in [0.4, 0.5) is 0 Å². The van der Waals surface area contributed by atoms with Crippen molar-refractivity contribution in [1.82, 2.24) is 4.98 Å². The van der Waals surface area contributed by atoms with Gasteiger partial charge in [0.2, 0.25) is 0 Å². The van der Waals surface area contributed by atoms with E-state index >= 15 is 0 Å². The van der Waals surface area contributed by atoms with Gasteiger partial charge in [-0.05, 0) is 69.6 Å². The molecular weight excluding hydrogens is 366 g/mol. The van der Waals surface area contributed by atoms with E-state index in [2.05, 4.69) is 54.5 Å². The van der Waals surface area contributed by atoms with E-state index in [0.29, 0.717) is 11.3 Å². The first kappa shape index (κ1) is 12.6. The first-order chi connectivity index (χ1) is 16.4. The first-order valence-electron chi connectivity index (χ1n) is 12.7. The standard InChI is InChI=1S/C27H25NSi/c1-18-9-14-25(28-17-18)21-11-10-19(2)24(15-21)20-12-13-23-22-7-5-6-8-26(22)29(3,4)27(23)16-20/h5-17H,1-4H3/i1D3,2D3. The number of aromatic nitrogens is 1. The first-order valence-corrected chi connectivity index (χ1v) is 12.7. The monoisotopic (exact) mass is 397 g/mol. The molecule has 0 unspecified atom stereocenters. The predicted molar refractivity (Wildman–Crippen MR) is 127 cm³/mol. The number of rotatable bonds is 2. The number of hydrogen-bond acceptors (Lipinski definition) is 1. The Morgan fingerprint density at radius 2 is 1.55 bits per heavy atom. The van der Waals surface area contributed by atoms with Gasteiger partial charge in [0.15, 0.2) is 0 Å². The Bertz CT molecular complexity index is 1440. The molecule has 1 aliphatic rings. The third kappa shape index (κ3) is 2.87. The van der Waals surface area contributed by atoms with Gasteiger partial charge in [0.1, 0.15) is 8.07 Å². The zero-order chi connectivity index (χ0) is 25.2. The van der Waals surface area contributed by atoms with Crippen molar-refractivity contribution in [1.29, 1.82) is 0 Å². The second kappa shape index (κ2) is 6.53. The summed E-state index contributed by atoms with van der Waals surface area (Å²) in [7, 11) is -1.92. The van der Waals surface area contributed by atoms with E-state index in [0.717, 1.165) is 11.1 Å². The topological polar surface area (TPSA) is 12.9 Å². The molecule has 29 heavy (non-hydrogen) atoms. The van der Waals surface area contributed by atoms with Crippen LogP contribution in [0.3, 0.4) is 0 Å². The van der Waals surface area contributed by atoms with Crippen molar-refractivity contribution in [3.63, 3.8) is 0 Å². The summed E-state index contributed by atoms with van der Waals surface area (Å²) in [5, 5.41) is 2.70. The summed E-state index contributed by atoms with van der Waals surface area (Å²) < 4.78 is 47.1. The van der Waals surface area contributed by atoms with Crippen LogP contribution in [0.1, 0.15) is 19.4 Å². The Labute approximate surface area is 182 Å². The van der Waals surface area contributed by atoms with Crippen molar-refractivity contribution in [3.8, 4) is 33.5 Å². The Balaban J connectivity index is 1.65. The molecule has 3 aromatic carbocycles. The maximum Gasteiger partial charge on any atom is 0.113 e. The number of fused-ring (bicyclic) bond motifs is 3. The lowest BCUT2D eigenvalue weighted by Crippen LogP contribution is -2.49. The van der Waals surface area contributed by atoms with Gasteiger partial charge in [0.25, 0.3) is 0 Å². The van der Waals surface area contributed by atoms with Crippen LogP contribution in [0, 0.1) is 13.7 Å². The maximum absolute atomic E-state index is 8.14. The van der Waals surface area contributed by atoms with Crippen molar-refractivity contribution < 1.29 is 8.22 Å². The molecule has 0 saturated heterocycles. The number of benzene rings is 3. The van der Waals surface area contributed by atoms with E-state index in [1.165, 1.54) is 27.7 Å². The summed E-state index contributed by atoms with van der Waals surface area (Å²) in [5.41, 5.74) is 5.81. The minimum atomic E-state index is -2.28. The third-order valence-electron chi connectivity index (χ3n) is 5.97. The number of hydrogen-bond donors (Lipinski definition) is 0. The molecule has 0 fully saturated rings. The summed E-state index contributed by atoms with van der Waals surface area (Å²) in [6, 6.07) is 23.3. The molecule has 0 radical (unpaired) electrons. The quantitative estimate of drug-likeness (QED) is 0.388. The fraction of sp³-hybridized carbons (Fsp3) is 0.148. The van der Waals surface area contributed by atoms with E-state index in [-0.39, 0.29) is 11.1 Å². The van der Waals surface area contributed by atoms with Crippen LogP contribution in [0.15, 0.2) is 79.0 Å². The minimum absolute atomic E-state index is 0.172. The second-order valence-electron chi connectivity index (χ2n) is 8.12. The van der Waals surface area contributed by atoms with Gasteiger partial charge < -0.3 is 0 Å². The summed E-state index contributed by atoms with van der Waals surface area (Å²) >= 11 is 0. The molecule has 2 heterocycles. The summed E-state index contributed by atoms with van der Waals surface area (Å²) in [4.78, 5) is 4.36. The van der Waals surface area contributed by atoms with E-state index in [4.69, 9.17) is 8.22 Å². The Morgan fingerprint density at radius 3 is 2.34 bits per heavy atom. The molecule has 0 amide bonds. The number of pyridine rings is 1. The van der Waals surface area contributed by atoms with Gasteiger partial charge in [0, 0.05) is 20.0 Å². The maximum atomic E-state index is 8.14. The SMILES string of the molecule is [2H]C([2H])([2H])c1ccc(-c2ccc(C([2H])([2H])[2H])c(-c3ccc4c(c3)[Si](C)(C)c3ccccc3-4)c2)nc1. The van der Waals surface area contributed by atoms with Gasteiger partial charge in [-0.3, -0.25) is 4.98 Å². The van der Waals surface area contributed by atoms with Crippen molar-refractivity contribution >= 4 is 18.4 Å². The molecule has 0 bridgehead atoms. The van der Waals surface area contributed by atoms with E-state index in [1.54, 1.807) is 24.3 Å². The molecule has 0 aliphatic carbocycles. The molecule has 4 aromatic rings. The lowest BCUT2D eigenvalue weighted by molar-refractivity contribution is 1.27. The zero-order valence-corrected chi connectivity index (χ0v) is 17.5. The summed E-state index contributed by atoms with van der Waals surface area (Å²) in [5.74, 6) is 0. The molecule has 0 atom stereocenters. The smallest absolute Gasteiger partial charge is 0.113 e. The lowest BCUT2D eigenvalue weighted by atomic mass is 9.95. The molecule has 0 saturated carbocycles. The van der Waals surface area contributed by atoms with Crippen LogP contribution in [0.2, 0.25) is 13.1 Å². The van der Waals surface area contributed by atoms with E-state index < -0.39 is 21.8 Å². The highest BCUT2D eigenvalue weighted by atomic mass is 28.3. The molecule has 0 N–H and O–H groups in total. The van der Waals surface area contributed by atoms with E-state index in [9.17, 15) is 0 Å². The molecule has 142 valence electrons. The van der Waals surface area contributed by atoms with Crippen LogP contribution >= 0.6 is 0 Å². The van der Waals surface area contributed by atoms with Crippen LogP contribution in [0.25, 0.3) is 33.5 Å². The summed E-state index contributed by atoms with van der Waals surface area (Å²) in [6.07, 6.45) is 1.36. The number of aryl methyl sites for hydroxylation is 2. The minimum Gasteiger partial charge on any atom is -0.256 e. The Hall–Kier alpha value is -2.97. The van der Waals surface area contributed by atoms with Crippen molar-refractivity contribution in [3.05, 3.63) is 90.1 Å². The molecular formula is C27H25NSi. The van der Waals surface area contributed by atoms with Crippen LogP contribution in [0.5, 0.6) is 0 Å². The third-order valence-corrected chi connectivity index (χ3v) is 9.52. The molecule has 0 spiro atoms. The van der Waals surface area contributed by atoms with Gasteiger partial charge in [-0.15, -0.1) is 0 Å². The molecule has 5 rings (SSSR count). The van der Waals surface area contributed by atoms with E-state index in [1.807, 2.05) is 12.1 Å². The van der Waals surface area contributed by atoms with Gasteiger partial charge in [-0.2, -0.15) is 0 Å². The Morgan fingerprint density at radius 1 is 0.724 bits per heavy atom. The van der Waals surface area contributed by atoms with Crippen LogP contribution in [-0.4, -0.2) is 13.1 Å². The molecule has 1 aliphatic heterocycles. The normalized spacial score (nSPS) is 17.7. The van der Waals surface area contributed by atoms with Gasteiger partial charge in [-0.25, -0.2) is 0 Å². The second-order valence-corrected chi connectivity index (χ2v) is 12.5. The fourth-order valence-corrected chi connectivity index (χ4v) is 7.48. The van der Waals surface area contributed by atoms with Gasteiger partial charge in [0.05, 0.1) is 5.69 Å². The van der Waals surface area contributed by atoms with Crippen molar-refractivity contribution in [2.75, 3.05) is 0 Å². The van der Waals surface area contributed by atoms with Crippen LogP contribution in [-0.2, 0) is 0 Å². The lowest BCUT2D eigenvalue weighted by Gasteiger charge is -2.20. The zero-order valence-electron chi connectivity index (χ0n) is 22.5. The van der Waals surface area contributed by atoms with Crippen molar-refractivity contribution in [2.45, 2.75) is 26.8 Å². The highest BCUT2D eigenvalue weighted by molar-refractivity contribution is 7.03. The average molecular weight is 398 g/mol. The molecule has 1 nitrogen and oxygen atoms in total. The van der Waals surface area contributed by atoms with Gasteiger partial charge >= 0.3 is 0 Å². The Kier molecular flexibility index (Phi) is 2.83. The highest BCUT2D eigenvalue weighted by Crippen LogP contribution is 2.33. The summed E-state index contributed by atoms with van der Waals surface area (Å²) in [6.45, 7) is 0.166.